The molecule has 2 N–H and O–H groups in total. The van der Waals surface area contributed by atoms with Crippen molar-refractivity contribution in [2.45, 2.75) is 18.2 Å². The Labute approximate surface area is 145 Å². The van der Waals surface area contributed by atoms with Crippen molar-refractivity contribution in [3.63, 3.8) is 0 Å². The summed E-state index contributed by atoms with van der Waals surface area (Å²) >= 11 is 2.63. The molecule has 0 aromatic carbocycles. The normalized spacial score (nSPS) is 12.2. The molecule has 2 rings (SSSR count). The van der Waals surface area contributed by atoms with Crippen molar-refractivity contribution < 1.29 is 19.4 Å². The number of hydrogen-bond acceptors (Lipinski definition) is 7. The molecule has 2 aromatic heterocycles. The van der Waals surface area contributed by atoms with Gasteiger partial charge in [-0.05, 0) is 0 Å². The van der Waals surface area contributed by atoms with E-state index >= 15 is 0 Å². The molecule has 0 fully saturated rings. The van der Waals surface area contributed by atoms with E-state index in [2.05, 4.69) is 10.3 Å². The number of amides is 1. The molecule has 10 heteroatoms. The van der Waals surface area contributed by atoms with Crippen LogP contribution in [0.5, 0.6) is 0 Å². The first kappa shape index (κ1) is 18.4. The topological polar surface area (TPSA) is 110 Å². The molecule has 0 aliphatic carbocycles. The molecule has 8 nitrogen and oxygen atoms in total. The average molecular weight is 371 g/mol. The van der Waals surface area contributed by atoms with Gasteiger partial charge in [-0.3, -0.25) is 14.0 Å². The van der Waals surface area contributed by atoms with Crippen molar-refractivity contribution in [2.75, 3.05) is 19.5 Å². The Morgan fingerprint density at radius 1 is 1.54 bits per heavy atom. The lowest BCUT2D eigenvalue weighted by Gasteiger charge is -2.13. The van der Waals surface area contributed by atoms with Crippen LogP contribution in [0.3, 0.4) is 0 Å². The van der Waals surface area contributed by atoms with Crippen LogP contribution in [-0.4, -0.2) is 51.9 Å². The Hall–Kier alpha value is -1.91. The Balaban J connectivity index is 1.84. The quantitative estimate of drug-likeness (QED) is 0.664. The zero-order chi connectivity index (χ0) is 17.5. The minimum absolute atomic E-state index is 0.0856. The largest absolute Gasteiger partial charge is 0.480 e. The number of aromatic nitrogens is 2. The number of ether oxygens (including phenoxy) is 1. The predicted molar refractivity (Wildman–Crippen MR) is 91.6 cm³/mol. The highest BCUT2D eigenvalue weighted by Gasteiger charge is 2.19. The third-order valence-corrected chi connectivity index (χ3v) is 4.81. The summed E-state index contributed by atoms with van der Waals surface area (Å²) in [6.45, 7) is 0.249. The summed E-state index contributed by atoms with van der Waals surface area (Å²) in [5, 5.41) is 13.3. The number of nitrogens with one attached hydrogen (secondary N) is 1. The van der Waals surface area contributed by atoms with Crippen LogP contribution in [0.1, 0.15) is 12.1 Å². The smallest absolute Gasteiger partial charge is 0.326 e. The Morgan fingerprint density at radius 3 is 3.04 bits per heavy atom. The highest BCUT2D eigenvalue weighted by molar-refractivity contribution is 7.99. The van der Waals surface area contributed by atoms with E-state index in [1.807, 2.05) is 0 Å². The van der Waals surface area contributed by atoms with Gasteiger partial charge in [0.05, 0.1) is 11.4 Å². The van der Waals surface area contributed by atoms with E-state index < -0.39 is 12.0 Å². The van der Waals surface area contributed by atoms with E-state index in [4.69, 9.17) is 9.84 Å². The summed E-state index contributed by atoms with van der Waals surface area (Å²) < 4.78 is 6.28. The van der Waals surface area contributed by atoms with Crippen molar-refractivity contribution in [2.24, 2.45) is 0 Å². The van der Waals surface area contributed by atoms with Gasteiger partial charge in [-0.1, -0.05) is 0 Å². The monoisotopic (exact) mass is 371 g/mol. The third-order valence-electron chi connectivity index (χ3n) is 3.08. The number of thioether (sulfide) groups is 1. The van der Waals surface area contributed by atoms with E-state index in [1.54, 1.807) is 11.6 Å². The van der Waals surface area contributed by atoms with Gasteiger partial charge in [0.2, 0.25) is 5.91 Å². The first-order valence-corrected chi connectivity index (χ1v) is 9.09. The summed E-state index contributed by atoms with van der Waals surface area (Å²) in [7, 11) is 1.47. The van der Waals surface area contributed by atoms with Crippen LogP contribution in [0.2, 0.25) is 0 Å². The van der Waals surface area contributed by atoms with Crippen LogP contribution in [0.15, 0.2) is 22.4 Å². The summed E-state index contributed by atoms with van der Waals surface area (Å²) in [5.41, 5.74) is 0.432. The van der Waals surface area contributed by atoms with E-state index in [0.717, 1.165) is 0 Å². The second-order valence-corrected chi connectivity index (χ2v) is 6.73. The molecule has 130 valence electrons. The first-order chi connectivity index (χ1) is 11.5. The summed E-state index contributed by atoms with van der Waals surface area (Å²) in [4.78, 5) is 39.7. The van der Waals surface area contributed by atoms with Crippen molar-refractivity contribution in [3.8, 4) is 0 Å². The number of aliphatic carboxylic acids is 1. The van der Waals surface area contributed by atoms with Crippen LogP contribution >= 0.6 is 23.1 Å². The van der Waals surface area contributed by atoms with Crippen LogP contribution in [0.4, 0.5) is 0 Å². The Bertz CT molecular complexity index is 773. The van der Waals surface area contributed by atoms with Gasteiger partial charge in [-0.15, -0.1) is 23.1 Å². The molecule has 0 saturated heterocycles. The molecule has 24 heavy (non-hydrogen) atoms. The molecule has 0 aliphatic heterocycles. The number of carbonyl (C=O) groups is 2. The maximum Gasteiger partial charge on any atom is 0.326 e. The molecular formula is C14H17N3O5S2. The van der Waals surface area contributed by atoms with Crippen LogP contribution in [0.25, 0.3) is 4.96 Å². The molecular weight excluding hydrogens is 354 g/mol. The highest BCUT2D eigenvalue weighted by Crippen LogP contribution is 2.12. The fourth-order valence-corrected chi connectivity index (χ4v) is 3.41. The van der Waals surface area contributed by atoms with E-state index in [1.165, 1.54) is 40.7 Å². The van der Waals surface area contributed by atoms with Gasteiger partial charge in [-0.25, -0.2) is 9.78 Å². The molecule has 1 amide bonds. The zero-order valence-corrected chi connectivity index (χ0v) is 14.6. The number of carboxylic acid groups (broad SMARTS) is 1. The van der Waals surface area contributed by atoms with E-state index in [9.17, 15) is 14.4 Å². The number of methoxy groups -OCH3 is 1. The van der Waals surface area contributed by atoms with Crippen molar-refractivity contribution in [1.82, 2.24) is 14.7 Å². The van der Waals surface area contributed by atoms with Gasteiger partial charge in [0.25, 0.3) is 5.56 Å². The maximum atomic E-state index is 11.8. The van der Waals surface area contributed by atoms with Crippen LogP contribution in [-0.2, 0) is 20.1 Å². The lowest BCUT2D eigenvalue weighted by molar-refractivity contribution is -0.142. The van der Waals surface area contributed by atoms with Crippen LogP contribution < -0.4 is 10.9 Å². The lowest BCUT2D eigenvalue weighted by atomic mass is 10.2. The van der Waals surface area contributed by atoms with Gasteiger partial charge in [0, 0.05) is 43.5 Å². The van der Waals surface area contributed by atoms with Gasteiger partial charge in [0.1, 0.15) is 6.04 Å². The zero-order valence-electron chi connectivity index (χ0n) is 12.9. The van der Waals surface area contributed by atoms with Crippen molar-refractivity contribution in [1.29, 1.82) is 0 Å². The fourth-order valence-electron chi connectivity index (χ4n) is 1.94. The molecule has 1 atom stereocenters. The van der Waals surface area contributed by atoms with Crippen molar-refractivity contribution in [3.05, 3.63) is 33.7 Å². The van der Waals surface area contributed by atoms with E-state index in [-0.39, 0.29) is 30.2 Å². The molecule has 0 spiro atoms. The highest BCUT2D eigenvalue weighted by atomic mass is 32.2. The molecule has 0 radical (unpaired) electrons. The first-order valence-electron chi connectivity index (χ1n) is 7.06. The fraction of sp³-hybridized carbons (Fsp3) is 0.429. The minimum atomic E-state index is -1.09. The number of fused-ring (bicyclic) bond motifs is 1. The number of rotatable bonds is 9. The molecule has 0 aliphatic rings. The molecule has 1 unspecified atom stereocenters. The van der Waals surface area contributed by atoms with Gasteiger partial charge in [-0.2, -0.15) is 0 Å². The van der Waals surface area contributed by atoms with Gasteiger partial charge >= 0.3 is 5.97 Å². The number of carboxylic acids is 1. The summed E-state index contributed by atoms with van der Waals surface area (Å²) in [6, 6.07) is 0.465. The molecule has 0 bridgehead atoms. The lowest BCUT2D eigenvalue weighted by Crippen LogP contribution is -2.42. The van der Waals surface area contributed by atoms with Crippen LogP contribution in [0, 0.1) is 0 Å². The molecule has 2 aromatic rings. The van der Waals surface area contributed by atoms with E-state index in [0.29, 0.717) is 16.4 Å². The minimum Gasteiger partial charge on any atom is -0.480 e. The standard InChI is InChI=1S/C14H17N3O5S2/c1-22-4-2-10(13(20)21)16-11(18)8-23-7-9-6-12(19)17-3-5-24-14(17)15-9/h3,5-6,10H,2,4,7-8H2,1H3,(H,16,18)(H,20,21). The predicted octanol–water partition coefficient (Wildman–Crippen LogP) is 0.595. The maximum absolute atomic E-state index is 11.8. The molecule has 0 saturated carbocycles. The number of hydrogen-bond donors (Lipinski definition) is 2. The summed E-state index contributed by atoms with van der Waals surface area (Å²) in [5.74, 6) is -0.990. The summed E-state index contributed by atoms with van der Waals surface area (Å²) in [6.07, 6.45) is 1.86. The molecule has 2 heterocycles. The SMILES string of the molecule is COCCC(NC(=O)CSCc1cc(=O)n2ccsc2n1)C(=O)O. The second-order valence-electron chi connectivity index (χ2n) is 4.87. The number of carbonyl (C=O) groups excluding carboxylic acids is 1. The second kappa shape index (κ2) is 8.81. The third kappa shape index (κ3) is 5.05. The average Bonchev–Trinajstić information content (AvgIpc) is 3.00. The Kier molecular flexibility index (Phi) is 6.76. The van der Waals surface area contributed by atoms with Gasteiger partial charge < -0.3 is 15.2 Å². The Morgan fingerprint density at radius 2 is 2.33 bits per heavy atom. The van der Waals surface area contributed by atoms with Gasteiger partial charge in [0.15, 0.2) is 4.96 Å². The number of thiazole rings is 1. The number of nitrogens with zero attached hydrogens (tertiary/aromatic N) is 2. The van der Waals surface area contributed by atoms with Crippen molar-refractivity contribution >= 4 is 39.9 Å².